The van der Waals surface area contributed by atoms with Crippen LogP contribution in [0.2, 0.25) is 0 Å². The van der Waals surface area contributed by atoms with Gasteiger partial charge in [-0.25, -0.2) is 9.37 Å². The normalized spacial score (nSPS) is 10.8. The van der Waals surface area contributed by atoms with Crippen molar-refractivity contribution >= 4 is 27.8 Å². The highest BCUT2D eigenvalue weighted by Crippen LogP contribution is 2.33. The third kappa shape index (κ3) is 2.67. The fourth-order valence-corrected chi connectivity index (χ4v) is 3.57. The van der Waals surface area contributed by atoms with Crippen LogP contribution in [0.3, 0.4) is 0 Å². The number of nitrogens with zero attached hydrogens (tertiary/aromatic N) is 1. The van der Waals surface area contributed by atoms with Crippen molar-refractivity contribution in [3.05, 3.63) is 58.0 Å². The van der Waals surface area contributed by atoms with Crippen LogP contribution in [0, 0.1) is 5.82 Å². The third-order valence-electron chi connectivity index (χ3n) is 2.75. The van der Waals surface area contributed by atoms with Gasteiger partial charge in [-0.2, -0.15) is 0 Å². The van der Waals surface area contributed by atoms with Gasteiger partial charge in [-0.3, -0.25) is 0 Å². The number of rotatable bonds is 3. The van der Waals surface area contributed by atoms with E-state index in [1.165, 1.54) is 23.5 Å². The molecular weight excluding hydrogens is 279 g/mol. The van der Waals surface area contributed by atoms with Gasteiger partial charge in [-0.15, -0.1) is 22.7 Å². The SMILES string of the molecule is Nc1nc(-c2cccs2)c(Cc2ccc(F)cc2)s1. The minimum absolute atomic E-state index is 0.217. The van der Waals surface area contributed by atoms with Crippen LogP contribution in [0.25, 0.3) is 10.6 Å². The third-order valence-corrected chi connectivity index (χ3v) is 4.51. The Hall–Kier alpha value is -1.72. The average molecular weight is 290 g/mol. The Labute approximate surface area is 118 Å². The van der Waals surface area contributed by atoms with Crippen molar-refractivity contribution in [2.24, 2.45) is 0 Å². The lowest BCUT2D eigenvalue weighted by Gasteiger charge is -2.01. The Bertz CT molecular complexity index is 672. The van der Waals surface area contributed by atoms with E-state index in [0.29, 0.717) is 5.13 Å². The highest BCUT2D eigenvalue weighted by atomic mass is 32.1. The van der Waals surface area contributed by atoms with Gasteiger partial charge in [0.2, 0.25) is 0 Å². The number of hydrogen-bond donors (Lipinski definition) is 1. The van der Waals surface area contributed by atoms with Gasteiger partial charge in [-0.05, 0) is 29.1 Å². The molecule has 0 unspecified atom stereocenters. The van der Waals surface area contributed by atoms with Gasteiger partial charge in [-0.1, -0.05) is 18.2 Å². The fourth-order valence-electron chi connectivity index (χ4n) is 1.88. The quantitative estimate of drug-likeness (QED) is 0.785. The molecule has 0 aliphatic rings. The van der Waals surface area contributed by atoms with E-state index in [1.54, 1.807) is 23.5 Å². The van der Waals surface area contributed by atoms with Gasteiger partial charge in [0.25, 0.3) is 0 Å². The summed E-state index contributed by atoms with van der Waals surface area (Å²) in [6.07, 6.45) is 0.725. The summed E-state index contributed by atoms with van der Waals surface area (Å²) in [5, 5.41) is 2.59. The Balaban J connectivity index is 1.95. The summed E-state index contributed by atoms with van der Waals surface area (Å²) in [7, 11) is 0. The first-order valence-electron chi connectivity index (χ1n) is 5.76. The number of hydrogen-bond acceptors (Lipinski definition) is 4. The molecule has 2 aromatic heterocycles. The van der Waals surface area contributed by atoms with Crippen LogP contribution in [0.4, 0.5) is 9.52 Å². The van der Waals surface area contributed by atoms with E-state index in [9.17, 15) is 4.39 Å². The standard InChI is InChI=1S/C14H11FN2S2/c15-10-5-3-9(4-6-10)8-12-13(17-14(16)19-12)11-2-1-7-18-11/h1-7H,8H2,(H2,16,17). The van der Waals surface area contributed by atoms with Crippen molar-refractivity contribution in [2.45, 2.75) is 6.42 Å². The van der Waals surface area contributed by atoms with Crippen LogP contribution >= 0.6 is 22.7 Å². The summed E-state index contributed by atoms with van der Waals surface area (Å²) in [4.78, 5) is 6.63. The molecule has 2 heterocycles. The Morgan fingerprint density at radius 1 is 1.16 bits per heavy atom. The smallest absolute Gasteiger partial charge is 0.180 e. The topological polar surface area (TPSA) is 38.9 Å². The molecule has 0 atom stereocenters. The molecule has 0 saturated carbocycles. The molecule has 0 bridgehead atoms. The number of halogens is 1. The van der Waals surface area contributed by atoms with Gasteiger partial charge >= 0.3 is 0 Å². The molecule has 2 nitrogen and oxygen atoms in total. The van der Waals surface area contributed by atoms with Crippen molar-refractivity contribution in [1.29, 1.82) is 0 Å². The summed E-state index contributed by atoms with van der Waals surface area (Å²) >= 11 is 3.14. The molecule has 5 heteroatoms. The Morgan fingerprint density at radius 3 is 2.63 bits per heavy atom. The van der Waals surface area contributed by atoms with Crippen LogP contribution in [-0.2, 0) is 6.42 Å². The van der Waals surface area contributed by atoms with Crippen molar-refractivity contribution in [2.75, 3.05) is 5.73 Å². The molecule has 96 valence electrons. The van der Waals surface area contributed by atoms with Crippen molar-refractivity contribution in [3.8, 4) is 10.6 Å². The number of anilines is 1. The summed E-state index contributed by atoms with van der Waals surface area (Å²) in [5.41, 5.74) is 7.82. The number of aromatic nitrogens is 1. The average Bonchev–Trinajstić information content (AvgIpc) is 3.01. The maximum Gasteiger partial charge on any atom is 0.180 e. The Kier molecular flexibility index (Phi) is 3.31. The monoisotopic (exact) mass is 290 g/mol. The molecule has 0 aliphatic carbocycles. The molecular formula is C14H11FN2S2. The van der Waals surface area contributed by atoms with E-state index in [0.717, 1.165) is 27.4 Å². The van der Waals surface area contributed by atoms with E-state index in [4.69, 9.17) is 5.73 Å². The molecule has 2 N–H and O–H groups in total. The minimum Gasteiger partial charge on any atom is -0.375 e. The molecule has 19 heavy (non-hydrogen) atoms. The van der Waals surface area contributed by atoms with Crippen LogP contribution < -0.4 is 5.73 Å². The molecule has 0 spiro atoms. The largest absolute Gasteiger partial charge is 0.375 e. The lowest BCUT2D eigenvalue weighted by atomic mass is 10.1. The molecule has 3 aromatic rings. The zero-order valence-electron chi connectivity index (χ0n) is 9.97. The van der Waals surface area contributed by atoms with E-state index in [2.05, 4.69) is 4.98 Å². The van der Waals surface area contributed by atoms with Gasteiger partial charge in [0.15, 0.2) is 5.13 Å². The van der Waals surface area contributed by atoms with Crippen molar-refractivity contribution in [3.63, 3.8) is 0 Å². The number of thiophene rings is 1. The second-order valence-electron chi connectivity index (χ2n) is 4.10. The molecule has 0 amide bonds. The van der Waals surface area contributed by atoms with E-state index in [1.807, 2.05) is 17.5 Å². The summed E-state index contributed by atoms with van der Waals surface area (Å²) in [6, 6.07) is 10.6. The molecule has 0 aliphatic heterocycles. The van der Waals surface area contributed by atoms with Crippen molar-refractivity contribution in [1.82, 2.24) is 4.98 Å². The van der Waals surface area contributed by atoms with Crippen LogP contribution in [0.1, 0.15) is 10.4 Å². The van der Waals surface area contributed by atoms with Gasteiger partial charge < -0.3 is 5.73 Å². The number of nitrogen functional groups attached to an aromatic ring is 1. The predicted octanol–water partition coefficient (Wildman–Crippen LogP) is 4.18. The lowest BCUT2D eigenvalue weighted by molar-refractivity contribution is 0.627. The fraction of sp³-hybridized carbons (Fsp3) is 0.0714. The van der Waals surface area contributed by atoms with Crippen molar-refractivity contribution < 1.29 is 4.39 Å². The van der Waals surface area contributed by atoms with Gasteiger partial charge in [0, 0.05) is 11.3 Å². The molecule has 0 radical (unpaired) electrons. The summed E-state index contributed by atoms with van der Waals surface area (Å²) in [5.74, 6) is -0.217. The maximum atomic E-state index is 12.9. The molecule has 0 saturated heterocycles. The lowest BCUT2D eigenvalue weighted by Crippen LogP contribution is -1.88. The minimum atomic E-state index is -0.217. The van der Waals surface area contributed by atoms with E-state index in [-0.39, 0.29) is 5.82 Å². The molecule has 1 aromatic carbocycles. The first kappa shape index (κ1) is 12.3. The second-order valence-corrected chi connectivity index (χ2v) is 6.17. The number of nitrogens with two attached hydrogens (primary N) is 1. The van der Waals surface area contributed by atoms with Crippen LogP contribution in [0.15, 0.2) is 41.8 Å². The first-order chi connectivity index (χ1) is 9.22. The van der Waals surface area contributed by atoms with Crippen LogP contribution in [0.5, 0.6) is 0 Å². The Morgan fingerprint density at radius 2 is 1.95 bits per heavy atom. The van der Waals surface area contributed by atoms with E-state index >= 15 is 0 Å². The summed E-state index contributed by atoms with van der Waals surface area (Å²) in [6.45, 7) is 0. The predicted molar refractivity (Wildman–Crippen MR) is 79.0 cm³/mol. The number of thiazole rings is 1. The van der Waals surface area contributed by atoms with Crippen LogP contribution in [-0.4, -0.2) is 4.98 Å². The molecule has 3 rings (SSSR count). The van der Waals surface area contributed by atoms with E-state index < -0.39 is 0 Å². The van der Waals surface area contributed by atoms with Gasteiger partial charge in [0.05, 0.1) is 10.6 Å². The zero-order chi connectivity index (χ0) is 13.2. The first-order valence-corrected chi connectivity index (χ1v) is 7.45. The van der Waals surface area contributed by atoms with Gasteiger partial charge in [0.1, 0.15) is 5.82 Å². The summed E-state index contributed by atoms with van der Waals surface area (Å²) < 4.78 is 12.9. The number of benzene rings is 1. The molecule has 0 fully saturated rings. The maximum absolute atomic E-state index is 12.9. The highest BCUT2D eigenvalue weighted by Gasteiger charge is 2.13. The second kappa shape index (κ2) is 5.11. The highest BCUT2D eigenvalue weighted by molar-refractivity contribution is 7.17. The zero-order valence-corrected chi connectivity index (χ0v) is 11.6.